The summed E-state index contributed by atoms with van der Waals surface area (Å²) in [5, 5.41) is 14.2. The molecule has 3 N–H and O–H groups in total. The van der Waals surface area contributed by atoms with E-state index in [9.17, 15) is 14.4 Å². The van der Waals surface area contributed by atoms with E-state index in [4.69, 9.17) is 16.7 Å². The van der Waals surface area contributed by atoms with Crippen molar-refractivity contribution in [3.05, 3.63) is 65.7 Å². The van der Waals surface area contributed by atoms with E-state index in [0.29, 0.717) is 16.4 Å². The van der Waals surface area contributed by atoms with E-state index in [1.165, 1.54) is 11.8 Å². The van der Waals surface area contributed by atoms with Crippen LogP contribution < -0.4 is 10.6 Å². The Morgan fingerprint density at radius 1 is 1.04 bits per heavy atom. The van der Waals surface area contributed by atoms with Crippen LogP contribution in [-0.2, 0) is 14.4 Å². The molecule has 0 aliphatic rings. The molecule has 0 aromatic heterocycles. The van der Waals surface area contributed by atoms with Gasteiger partial charge in [-0.1, -0.05) is 29.8 Å². The predicted molar refractivity (Wildman–Crippen MR) is 103 cm³/mol. The van der Waals surface area contributed by atoms with Crippen LogP contribution in [0.4, 0.5) is 11.4 Å². The molecule has 0 spiro atoms. The maximum absolute atomic E-state index is 12.0. The number of thioether (sulfide) groups is 1. The Bertz CT molecular complexity index is 855. The molecule has 0 aliphatic carbocycles. The number of hydrogen-bond donors (Lipinski definition) is 3. The molecule has 2 aromatic carbocycles. The van der Waals surface area contributed by atoms with Gasteiger partial charge in [-0.15, -0.1) is 11.8 Å². The lowest BCUT2D eigenvalue weighted by atomic mass is 10.3. The van der Waals surface area contributed by atoms with Crippen LogP contribution in [0.2, 0.25) is 5.02 Å². The third kappa shape index (κ3) is 6.62. The van der Waals surface area contributed by atoms with E-state index in [1.807, 2.05) is 0 Å². The zero-order valence-corrected chi connectivity index (χ0v) is 15.0. The molecule has 2 aromatic rings. The van der Waals surface area contributed by atoms with Crippen molar-refractivity contribution in [2.75, 3.05) is 16.4 Å². The molecule has 2 rings (SSSR count). The van der Waals surface area contributed by atoms with Gasteiger partial charge >= 0.3 is 5.97 Å². The van der Waals surface area contributed by atoms with Crippen LogP contribution >= 0.6 is 23.4 Å². The van der Waals surface area contributed by atoms with Crippen LogP contribution in [0.1, 0.15) is 0 Å². The fourth-order valence-electron chi connectivity index (χ4n) is 1.89. The summed E-state index contributed by atoms with van der Waals surface area (Å²) in [7, 11) is 0. The van der Waals surface area contributed by atoms with Crippen LogP contribution in [0.25, 0.3) is 0 Å². The van der Waals surface area contributed by atoms with Gasteiger partial charge in [0.15, 0.2) is 0 Å². The highest BCUT2D eigenvalue weighted by Crippen LogP contribution is 2.24. The van der Waals surface area contributed by atoms with Crippen molar-refractivity contribution < 1.29 is 19.5 Å². The van der Waals surface area contributed by atoms with Gasteiger partial charge in [0, 0.05) is 22.7 Å². The lowest BCUT2D eigenvalue weighted by Crippen LogP contribution is -2.14. The molecule has 0 atom stereocenters. The highest BCUT2D eigenvalue weighted by molar-refractivity contribution is 8.00. The second-order valence-corrected chi connectivity index (χ2v) is 6.46. The number of hydrogen-bond acceptors (Lipinski definition) is 4. The number of anilines is 2. The van der Waals surface area contributed by atoms with Crippen LogP contribution in [0, 0.1) is 0 Å². The number of carboxylic acids is 1. The Morgan fingerprint density at radius 2 is 1.81 bits per heavy atom. The van der Waals surface area contributed by atoms with E-state index < -0.39 is 11.9 Å². The number of amides is 2. The summed E-state index contributed by atoms with van der Waals surface area (Å²) in [6, 6.07) is 13.8. The maximum Gasteiger partial charge on any atom is 0.328 e. The number of carboxylic acid groups (broad SMARTS) is 1. The van der Waals surface area contributed by atoms with Gasteiger partial charge in [-0.2, -0.15) is 0 Å². The van der Waals surface area contributed by atoms with Gasteiger partial charge in [0.05, 0.1) is 16.5 Å². The number of benzene rings is 2. The number of aliphatic carboxylic acids is 1. The van der Waals surface area contributed by atoms with Gasteiger partial charge in [-0.3, -0.25) is 9.59 Å². The Balaban J connectivity index is 1.90. The van der Waals surface area contributed by atoms with Crippen molar-refractivity contribution in [2.45, 2.75) is 4.90 Å². The first-order valence-corrected chi connectivity index (χ1v) is 8.79. The number of carbonyl (C=O) groups is 3. The van der Waals surface area contributed by atoms with Gasteiger partial charge in [-0.25, -0.2) is 4.79 Å². The van der Waals surface area contributed by atoms with E-state index in [-0.39, 0.29) is 11.7 Å². The van der Waals surface area contributed by atoms with Gasteiger partial charge in [0.2, 0.25) is 11.8 Å². The molecule has 0 aliphatic heterocycles. The Kier molecular flexibility index (Phi) is 7.25. The zero-order chi connectivity index (χ0) is 18.9. The molecule has 0 bridgehead atoms. The Hall–Kier alpha value is -2.77. The summed E-state index contributed by atoms with van der Waals surface area (Å²) in [5.41, 5.74) is 1.05. The van der Waals surface area contributed by atoms with Crippen LogP contribution in [0.3, 0.4) is 0 Å². The van der Waals surface area contributed by atoms with E-state index in [1.54, 1.807) is 48.5 Å². The summed E-state index contributed by atoms with van der Waals surface area (Å²) in [6.45, 7) is 0. The van der Waals surface area contributed by atoms with Crippen LogP contribution in [0.15, 0.2) is 65.6 Å². The molecule has 0 saturated heterocycles. The molecular formula is C18H15ClN2O4S. The Labute approximate surface area is 159 Å². The molecule has 0 saturated carbocycles. The number of nitrogens with one attached hydrogen (secondary N) is 2. The van der Waals surface area contributed by atoms with Crippen molar-refractivity contribution in [1.82, 2.24) is 0 Å². The van der Waals surface area contributed by atoms with Crippen molar-refractivity contribution in [2.24, 2.45) is 0 Å². The molecule has 26 heavy (non-hydrogen) atoms. The quantitative estimate of drug-likeness (QED) is 0.495. The summed E-state index contributed by atoms with van der Waals surface area (Å²) >= 11 is 7.29. The predicted octanol–water partition coefficient (Wildman–Crippen LogP) is 3.65. The third-order valence-corrected chi connectivity index (χ3v) is 4.32. The first-order chi connectivity index (χ1) is 12.4. The fourth-order valence-corrected chi connectivity index (χ4v) is 2.83. The second-order valence-electron chi connectivity index (χ2n) is 5.01. The van der Waals surface area contributed by atoms with Crippen molar-refractivity contribution >= 4 is 52.5 Å². The molecule has 0 heterocycles. The van der Waals surface area contributed by atoms with Gasteiger partial charge in [0.1, 0.15) is 0 Å². The lowest BCUT2D eigenvalue weighted by Gasteiger charge is -2.08. The fraction of sp³-hybridized carbons (Fsp3) is 0.0556. The number of carbonyl (C=O) groups excluding carboxylic acids is 2. The van der Waals surface area contributed by atoms with E-state index in [2.05, 4.69) is 10.6 Å². The number of rotatable bonds is 7. The summed E-state index contributed by atoms with van der Waals surface area (Å²) in [4.78, 5) is 34.8. The SMILES string of the molecule is O=C(O)/C=C/C(=O)Nc1cccc(SCC(=O)Nc2ccccc2Cl)c1. The summed E-state index contributed by atoms with van der Waals surface area (Å²) in [5.74, 6) is -1.79. The smallest absolute Gasteiger partial charge is 0.328 e. The normalized spacial score (nSPS) is 10.5. The minimum atomic E-state index is -1.20. The van der Waals surface area contributed by atoms with E-state index in [0.717, 1.165) is 17.0 Å². The molecule has 0 radical (unpaired) electrons. The molecule has 6 nitrogen and oxygen atoms in total. The van der Waals surface area contributed by atoms with Gasteiger partial charge < -0.3 is 15.7 Å². The Morgan fingerprint density at radius 3 is 2.54 bits per heavy atom. The first-order valence-electron chi connectivity index (χ1n) is 7.43. The summed E-state index contributed by atoms with van der Waals surface area (Å²) < 4.78 is 0. The minimum Gasteiger partial charge on any atom is -0.478 e. The number of halogens is 1. The van der Waals surface area contributed by atoms with Crippen molar-refractivity contribution in [3.63, 3.8) is 0 Å². The average Bonchev–Trinajstić information content (AvgIpc) is 2.60. The third-order valence-electron chi connectivity index (χ3n) is 3.00. The highest BCUT2D eigenvalue weighted by atomic mass is 35.5. The van der Waals surface area contributed by atoms with Gasteiger partial charge in [-0.05, 0) is 30.3 Å². The molecule has 0 unspecified atom stereocenters. The lowest BCUT2D eigenvalue weighted by molar-refractivity contribution is -0.131. The molecule has 0 fully saturated rings. The molecule has 8 heteroatoms. The molecule has 2 amide bonds. The summed E-state index contributed by atoms with van der Waals surface area (Å²) in [6.07, 6.45) is 1.69. The number of para-hydroxylation sites is 1. The van der Waals surface area contributed by atoms with Gasteiger partial charge in [0.25, 0.3) is 0 Å². The highest BCUT2D eigenvalue weighted by Gasteiger charge is 2.07. The molecular weight excluding hydrogens is 376 g/mol. The monoisotopic (exact) mass is 390 g/mol. The molecule has 134 valence electrons. The van der Waals surface area contributed by atoms with E-state index >= 15 is 0 Å². The average molecular weight is 391 g/mol. The first kappa shape index (κ1) is 19.6. The minimum absolute atomic E-state index is 0.168. The van der Waals surface area contributed by atoms with Crippen molar-refractivity contribution in [3.8, 4) is 0 Å². The zero-order valence-electron chi connectivity index (χ0n) is 13.4. The standard InChI is InChI=1S/C18H15ClN2O4S/c19-14-6-1-2-7-15(14)21-17(23)11-26-13-5-3-4-12(10-13)20-16(22)8-9-18(24)25/h1-10H,11H2,(H,20,22)(H,21,23)(H,24,25)/b9-8+. The second kappa shape index (κ2) is 9.65. The largest absolute Gasteiger partial charge is 0.478 e. The van der Waals surface area contributed by atoms with Crippen molar-refractivity contribution in [1.29, 1.82) is 0 Å². The maximum atomic E-state index is 12.0. The van der Waals surface area contributed by atoms with Crippen LogP contribution in [-0.4, -0.2) is 28.6 Å². The van der Waals surface area contributed by atoms with Crippen LogP contribution in [0.5, 0.6) is 0 Å². The topological polar surface area (TPSA) is 95.5 Å².